The Labute approximate surface area is 123 Å². The maximum absolute atomic E-state index is 11.3. The molecule has 0 aliphatic carbocycles. The normalized spacial score (nSPS) is 10.6. The Morgan fingerprint density at radius 3 is 1.45 bits per heavy atom. The van der Waals surface area contributed by atoms with Crippen LogP contribution in [0.1, 0.15) is 26.3 Å². The second-order valence-corrected chi connectivity index (χ2v) is 13.2. The molecule has 1 aromatic carbocycles. The summed E-state index contributed by atoms with van der Waals surface area (Å²) >= 11 is -4.97. The maximum atomic E-state index is 11.3. The summed E-state index contributed by atoms with van der Waals surface area (Å²) in [6.07, 6.45) is 0. The molecule has 0 N–H and O–H groups in total. The van der Waals surface area contributed by atoms with Crippen molar-refractivity contribution in [2.24, 2.45) is 0 Å². The number of carbonyl (C=O) groups is 3. The quantitative estimate of drug-likeness (QED) is 0.601. The molecule has 0 bridgehead atoms. The van der Waals surface area contributed by atoms with Gasteiger partial charge in [-0.2, -0.15) is 0 Å². The Hall–Kier alpha value is -1.45. The molecule has 0 aromatic heterocycles. The number of hydrogen-bond acceptors (Lipinski definition) is 6. The summed E-state index contributed by atoms with van der Waals surface area (Å²) in [7, 11) is 0. The minimum atomic E-state index is -4.97. The van der Waals surface area contributed by atoms with Gasteiger partial charge in [-0.1, -0.05) is 0 Å². The summed E-state index contributed by atoms with van der Waals surface area (Å²) in [5, 5.41) is 0. The second kappa shape index (κ2) is 6.82. The van der Waals surface area contributed by atoms with E-state index < -0.39 is 40.4 Å². The number of aryl methyl sites for hydroxylation is 1. The molecule has 20 heavy (non-hydrogen) atoms. The van der Waals surface area contributed by atoms with Crippen LogP contribution in [0, 0.1) is 6.92 Å². The number of benzene rings is 1. The van der Waals surface area contributed by atoms with Crippen LogP contribution in [0.5, 0.6) is 0 Å². The van der Waals surface area contributed by atoms with Gasteiger partial charge < -0.3 is 0 Å². The van der Waals surface area contributed by atoms with E-state index in [1.807, 2.05) is 6.92 Å². The summed E-state index contributed by atoms with van der Waals surface area (Å²) in [6, 6.07) is 6.82. The molecule has 1 rings (SSSR count). The minimum absolute atomic E-state index is 0.448. The molecule has 0 atom stereocenters. The van der Waals surface area contributed by atoms with Crippen LogP contribution in [-0.4, -0.2) is 40.4 Å². The average Bonchev–Trinajstić information content (AvgIpc) is 2.26. The second-order valence-electron chi connectivity index (χ2n) is 4.20. The molecule has 0 unspecified atom stereocenters. The van der Waals surface area contributed by atoms with Gasteiger partial charge in [0.15, 0.2) is 0 Å². The average molecular weight is 475 g/mol. The Kier molecular flexibility index (Phi) is 5.66. The van der Waals surface area contributed by atoms with Crippen molar-refractivity contribution in [2.45, 2.75) is 27.7 Å². The van der Waals surface area contributed by atoms with E-state index in [1.54, 1.807) is 24.3 Å². The van der Waals surface area contributed by atoms with Crippen molar-refractivity contribution in [1.82, 2.24) is 0 Å². The third-order valence-electron chi connectivity index (χ3n) is 2.24. The van der Waals surface area contributed by atoms with Gasteiger partial charge in [-0.15, -0.1) is 0 Å². The zero-order valence-electron chi connectivity index (χ0n) is 11.8. The first-order chi connectivity index (χ1) is 9.25. The van der Waals surface area contributed by atoms with Gasteiger partial charge >= 0.3 is 124 Å². The van der Waals surface area contributed by atoms with Crippen LogP contribution in [0.15, 0.2) is 24.3 Å². The van der Waals surface area contributed by atoms with Gasteiger partial charge in [0.05, 0.1) is 0 Å². The van der Waals surface area contributed by atoms with E-state index in [0.29, 0.717) is 3.12 Å². The fourth-order valence-corrected chi connectivity index (χ4v) is 10.1. The third kappa shape index (κ3) is 4.58. The van der Waals surface area contributed by atoms with Crippen LogP contribution in [-0.2, 0) is 22.4 Å². The van der Waals surface area contributed by atoms with Crippen molar-refractivity contribution in [3.8, 4) is 0 Å². The van der Waals surface area contributed by atoms with E-state index in [9.17, 15) is 14.4 Å². The van der Waals surface area contributed by atoms with Crippen LogP contribution in [0.25, 0.3) is 0 Å². The van der Waals surface area contributed by atoms with Gasteiger partial charge in [0.25, 0.3) is 0 Å². The molecule has 108 valence electrons. The van der Waals surface area contributed by atoms with Gasteiger partial charge in [-0.25, -0.2) is 0 Å². The molecular weight excluding hydrogens is 459 g/mol. The van der Waals surface area contributed by atoms with Gasteiger partial charge in [0.1, 0.15) is 0 Å². The molecule has 6 nitrogen and oxygen atoms in total. The first-order valence-electron chi connectivity index (χ1n) is 5.91. The van der Waals surface area contributed by atoms with Gasteiger partial charge in [0, 0.05) is 0 Å². The van der Waals surface area contributed by atoms with Crippen molar-refractivity contribution >= 4 is 43.6 Å². The molecule has 7 heteroatoms. The molecule has 0 radical (unpaired) electrons. The summed E-state index contributed by atoms with van der Waals surface area (Å²) in [4.78, 5) is 33.9. The van der Waals surface area contributed by atoms with E-state index in [0.717, 1.165) is 5.56 Å². The van der Waals surface area contributed by atoms with Crippen LogP contribution < -0.4 is 3.12 Å². The fraction of sp³-hybridized carbons (Fsp3) is 0.308. The third-order valence-corrected chi connectivity index (χ3v) is 12.8. The summed E-state index contributed by atoms with van der Waals surface area (Å²) < 4.78 is 16.0. The molecule has 0 fully saturated rings. The Morgan fingerprint density at radius 2 is 1.15 bits per heavy atom. The fourth-order valence-electron chi connectivity index (χ4n) is 1.56. The van der Waals surface area contributed by atoms with Crippen LogP contribution in [0.3, 0.4) is 0 Å². The predicted octanol–water partition coefficient (Wildman–Crippen LogP) is 0.830. The van der Waals surface area contributed by atoms with Crippen molar-refractivity contribution in [2.75, 3.05) is 0 Å². The van der Waals surface area contributed by atoms with E-state index in [4.69, 9.17) is 8.06 Å². The van der Waals surface area contributed by atoms with E-state index in [-0.39, 0.29) is 0 Å². The molecule has 0 spiro atoms. The summed E-state index contributed by atoms with van der Waals surface area (Å²) in [6.45, 7) is 5.41. The van der Waals surface area contributed by atoms with Crippen LogP contribution >= 0.6 is 0 Å². The monoisotopic (exact) mass is 476 g/mol. The molecule has 0 amide bonds. The number of carbonyl (C=O) groups excluding carboxylic acids is 3. The molecule has 0 saturated heterocycles. The zero-order valence-corrected chi connectivity index (χ0v) is 15.6. The molecule has 0 saturated carbocycles. The van der Waals surface area contributed by atoms with E-state index in [1.165, 1.54) is 20.8 Å². The summed E-state index contributed by atoms with van der Waals surface area (Å²) in [5.41, 5.74) is 0.976. The Morgan fingerprint density at radius 1 is 0.800 bits per heavy atom. The predicted molar refractivity (Wildman–Crippen MR) is 71.9 cm³/mol. The Balaban J connectivity index is 3.32. The Bertz CT molecular complexity index is 481. The molecule has 0 aliphatic rings. The van der Waals surface area contributed by atoms with E-state index in [2.05, 4.69) is 0 Å². The first-order valence-corrected chi connectivity index (χ1v) is 12.6. The first kappa shape index (κ1) is 16.6. The molecule has 0 heterocycles. The van der Waals surface area contributed by atoms with Gasteiger partial charge in [-0.05, 0) is 0 Å². The van der Waals surface area contributed by atoms with Crippen molar-refractivity contribution in [3.63, 3.8) is 0 Å². The van der Waals surface area contributed by atoms with Crippen molar-refractivity contribution in [3.05, 3.63) is 29.8 Å². The number of rotatable bonds is 4. The van der Waals surface area contributed by atoms with Gasteiger partial charge in [-0.3, -0.25) is 0 Å². The zero-order chi connectivity index (χ0) is 15.3. The molecular formula is C13H16O6Pb. The van der Waals surface area contributed by atoms with Gasteiger partial charge in [0.2, 0.25) is 0 Å². The standard InChI is InChI=1S/C7H7.3C2H4O2.Pb/c1-7-5-3-2-4-6-7;3*1-2(3)4;/h3-6H,1H3;3*1H3,(H,3,4);/q;;;;+3/p-3. The van der Waals surface area contributed by atoms with Crippen LogP contribution in [0.2, 0.25) is 0 Å². The molecule has 1 aromatic rings. The SMILES string of the molecule is CC(=O)[O][Pb]([O]C(C)=O)([O]C(C)=O)[c]1ccc(C)cc1. The topological polar surface area (TPSA) is 78.9 Å². The van der Waals surface area contributed by atoms with E-state index >= 15 is 0 Å². The molecule has 0 aliphatic heterocycles. The van der Waals surface area contributed by atoms with Crippen molar-refractivity contribution < 1.29 is 22.4 Å². The van der Waals surface area contributed by atoms with Crippen LogP contribution in [0.4, 0.5) is 0 Å². The number of hydrogen-bond donors (Lipinski definition) is 0. The summed E-state index contributed by atoms with van der Waals surface area (Å²) in [5.74, 6) is -1.97. The van der Waals surface area contributed by atoms with Crippen molar-refractivity contribution in [1.29, 1.82) is 0 Å².